The van der Waals surface area contributed by atoms with E-state index in [2.05, 4.69) is 5.32 Å². The number of carbonyl (C=O) groups excluding carboxylic acids is 3. The number of rotatable bonds is 4. The molecular weight excluding hydrogens is 345 g/mol. The predicted molar refractivity (Wildman–Crippen MR) is 89.2 cm³/mol. The number of anilines is 2. The Morgan fingerprint density at radius 2 is 1.69 bits per heavy atom. The Kier molecular flexibility index (Phi) is 4.44. The maximum Gasteiger partial charge on any atom is 0.306 e. The fourth-order valence-corrected chi connectivity index (χ4v) is 2.56. The van der Waals surface area contributed by atoms with Gasteiger partial charge in [0.05, 0.1) is 10.6 Å². The van der Waals surface area contributed by atoms with Crippen molar-refractivity contribution in [1.82, 2.24) is 0 Å². The molecule has 3 rings (SSSR count). The first-order valence-corrected chi connectivity index (χ1v) is 7.58. The third kappa shape index (κ3) is 3.27. The minimum Gasteiger partial charge on any atom is -0.322 e. The van der Waals surface area contributed by atoms with Crippen LogP contribution in [0.4, 0.5) is 21.5 Å². The third-order valence-electron chi connectivity index (χ3n) is 3.84. The van der Waals surface area contributed by atoms with Crippen LogP contribution in [-0.4, -0.2) is 22.6 Å². The smallest absolute Gasteiger partial charge is 0.306 e. The lowest BCUT2D eigenvalue weighted by atomic mass is 10.1. The van der Waals surface area contributed by atoms with Gasteiger partial charge >= 0.3 is 5.69 Å². The summed E-state index contributed by atoms with van der Waals surface area (Å²) in [6, 6.07) is 8.77. The fraction of sp³-hybridized carbons (Fsp3) is 0.118. The summed E-state index contributed by atoms with van der Waals surface area (Å²) in [5.74, 6) is -2.18. The first kappa shape index (κ1) is 17.2. The number of nitro groups is 1. The Hall–Kier alpha value is -3.62. The second kappa shape index (κ2) is 6.71. The van der Waals surface area contributed by atoms with Crippen LogP contribution in [-0.2, 0) is 9.59 Å². The van der Waals surface area contributed by atoms with E-state index in [4.69, 9.17) is 0 Å². The highest BCUT2D eigenvalue weighted by atomic mass is 19.1. The summed E-state index contributed by atoms with van der Waals surface area (Å²) in [4.78, 5) is 46.5. The van der Waals surface area contributed by atoms with E-state index in [0.29, 0.717) is 5.69 Å². The molecule has 9 heteroatoms. The van der Waals surface area contributed by atoms with Crippen LogP contribution >= 0.6 is 0 Å². The van der Waals surface area contributed by atoms with Gasteiger partial charge in [-0.05, 0) is 36.4 Å². The lowest BCUT2D eigenvalue weighted by Crippen LogP contribution is -2.28. The molecule has 132 valence electrons. The van der Waals surface area contributed by atoms with Crippen molar-refractivity contribution >= 4 is 34.8 Å². The second-order valence-electron chi connectivity index (χ2n) is 5.55. The lowest BCUT2D eigenvalue weighted by molar-refractivity contribution is -0.387. The Bertz CT molecular complexity index is 910. The molecule has 0 atom stereocenters. The van der Waals surface area contributed by atoms with Gasteiger partial charge in [0.2, 0.25) is 17.6 Å². The number of nitro benzene ring substituents is 1. The summed E-state index contributed by atoms with van der Waals surface area (Å²) in [6.07, 6.45) is 0.314. The molecule has 26 heavy (non-hydrogen) atoms. The van der Waals surface area contributed by atoms with Crippen LogP contribution in [0.1, 0.15) is 23.2 Å². The van der Waals surface area contributed by atoms with Crippen LogP contribution in [0.25, 0.3) is 0 Å². The SMILES string of the molecule is O=C(Nc1ccc(F)c([N+](=O)[O-])c1)c1ccc(N2C(=O)CCC2=O)cc1. The van der Waals surface area contributed by atoms with Crippen LogP contribution in [0, 0.1) is 15.9 Å². The number of amides is 3. The van der Waals surface area contributed by atoms with Crippen molar-refractivity contribution < 1.29 is 23.7 Å². The molecule has 0 unspecified atom stereocenters. The molecule has 0 aliphatic carbocycles. The van der Waals surface area contributed by atoms with Crippen molar-refractivity contribution in [2.24, 2.45) is 0 Å². The lowest BCUT2D eigenvalue weighted by Gasteiger charge is -2.14. The first-order valence-electron chi connectivity index (χ1n) is 7.58. The van der Waals surface area contributed by atoms with Gasteiger partial charge in [-0.3, -0.25) is 29.4 Å². The molecule has 0 bridgehead atoms. The van der Waals surface area contributed by atoms with E-state index in [1.165, 1.54) is 30.3 Å². The summed E-state index contributed by atoms with van der Waals surface area (Å²) in [5, 5.41) is 13.2. The molecule has 1 N–H and O–H groups in total. The summed E-state index contributed by atoms with van der Waals surface area (Å²) < 4.78 is 13.3. The van der Waals surface area contributed by atoms with Crippen LogP contribution < -0.4 is 10.2 Å². The van der Waals surface area contributed by atoms with E-state index < -0.39 is 22.3 Å². The quantitative estimate of drug-likeness (QED) is 0.514. The largest absolute Gasteiger partial charge is 0.322 e. The number of hydrogen-bond donors (Lipinski definition) is 1. The van der Waals surface area contributed by atoms with Gasteiger partial charge in [0.25, 0.3) is 5.91 Å². The van der Waals surface area contributed by atoms with Gasteiger partial charge in [-0.1, -0.05) is 0 Å². The number of halogens is 1. The highest BCUT2D eigenvalue weighted by Crippen LogP contribution is 2.24. The molecule has 1 aliphatic rings. The van der Waals surface area contributed by atoms with Gasteiger partial charge in [0.15, 0.2) is 0 Å². The zero-order valence-electron chi connectivity index (χ0n) is 13.3. The molecule has 3 amide bonds. The van der Waals surface area contributed by atoms with Gasteiger partial charge in [-0.2, -0.15) is 4.39 Å². The summed E-state index contributed by atoms with van der Waals surface area (Å²) in [7, 11) is 0. The number of benzene rings is 2. The van der Waals surface area contributed by atoms with Crippen LogP contribution in [0.15, 0.2) is 42.5 Å². The minimum atomic E-state index is -1.00. The molecular formula is C17H12FN3O5. The van der Waals surface area contributed by atoms with E-state index in [-0.39, 0.29) is 35.9 Å². The Morgan fingerprint density at radius 3 is 2.27 bits per heavy atom. The molecule has 8 nitrogen and oxygen atoms in total. The van der Waals surface area contributed by atoms with Crippen molar-refractivity contribution in [3.05, 3.63) is 64.0 Å². The fourth-order valence-electron chi connectivity index (χ4n) is 2.56. The molecule has 1 heterocycles. The topological polar surface area (TPSA) is 110 Å². The van der Waals surface area contributed by atoms with Crippen molar-refractivity contribution in [1.29, 1.82) is 0 Å². The average molecular weight is 357 g/mol. The van der Waals surface area contributed by atoms with Crippen LogP contribution in [0.3, 0.4) is 0 Å². The molecule has 1 saturated heterocycles. The Morgan fingerprint density at radius 1 is 1.08 bits per heavy atom. The zero-order chi connectivity index (χ0) is 18.8. The van der Waals surface area contributed by atoms with Crippen molar-refractivity contribution in [2.75, 3.05) is 10.2 Å². The monoisotopic (exact) mass is 357 g/mol. The van der Waals surface area contributed by atoms with Gasteiger partial charge in [0, 0.05) is 30.2 Å². The highest BCUT2D eigenvalue weighted by Gasteiger charge is 2.30. The van der Waals surface area contributed by atoms with Crippen molar-refractivity contribution in [2.45, 2.75) is 12.8 Å². The van der Waals surface area contributed by atoms with E-state index in [1.807, 2.05) is 0 Å². The Balaban J connectivity index is 1.77. The number of hydrogen-bond acceptors (Lipinski definition) is 5. The van der Waals surface area contributed by atoms with Gasteiger partial charge in [-0.25, -0.2) is 0 Å². The maximum absolute atomic E-state index is 13.3. The third-order valence-corrected chi connectivity index (χ3v) is 3.84. The molecule has 1 fully saturated rings. The van der Waals surface area contributed by atoms with Crippen molar-refractivity contribution in [3.63, 3.8) is 0 Å². The highest BCUT2D eigenvalue weighted by molar-refractivity contribution is 6.20. The normalized spacial score (nSPS) is 13.8. The molecule has 0 aromatic heterocycles. The zero-order valence-corrected chi connectivity index (χ0v) is 13.3. The maximum atomic E-state index is 13.3. The van der Waals surface area contributed by atoms with Gasteiger partial charge in [-0.15, -0.1) is 0 Å². The van der Waals surface area contributed by atoms with Crippen LogP contribution in [0.2, 0.25) is 0 Å². The van der Waals surface area contributed by atoms with Crippen LogP contribution in [0.5, 0.6) is 0 Å². The number of imide groups is 1. The van der Waals surface area contributed by atoms with Gasteiger partial charge in [0.1, 0.15) is 0 Å². The predicted octanol–water partition coefficient (Wildman–Crippen LogP) is 2.64. The Labute approximate surface area is 146 Å². The van der Waals surface area contributed by atoms with E-state index in [1.54, 1.807) is 0 Å². The minimum absolute atomic E-state index is 0.0667. The number of nitrogens with one attached hydrogen (secondary N) is 1. The first-order chi connectivity index (χ1) is 12.4. The summed E-state index contributed by atoms with van der Waals surface area (Å²) >= 11 is 0. The summed E-state index contributed by atoms with van der Waals surface area (Å²) in [6.45, 7) is 0. The van der Waals surface area contributed by atoms with E-state index >= 15 is 0 Å². The standard InChI is InChI=1S/C17H12FN3O5/c18-13-6-3-11(9-14(13)21(25)26)19-17(24)10-1-4-12(5-2-10)20-15(22)7-8-16(20)23/h1-6,9H,7-8H2,(H,19,24). The second-order valence-corrected chi connectivity index (χ2v) is 5.55. The van der Waals surface area contributed by atoms with E-state index in [9.17, 15) is 28.9 Å². The molecule has 0 radical (unpaired) electrons. The average Bonchev–Trinajstić information content (AvgIpc) is 2.95. The number of carbonyl (C=O) groups is 3. The number of nitrogens with zero attached hydrogens (tertiary/aromatic N) is 2. The molecule has 2 aromatic carbocycles. The van der Waals surface area contributed by atoms with Crippen molar-refractivity contribution in [3.8, 4) is 0 Å². The molecule has 1 aliphatic heterocycles. The molecule has 0 saturated carbocycles. The van der Waals surface area contributed by atoms with E-state index in [0.717, 1.165) is 17.0 Å². The summed E-state index contributed by atoms with van der Waals surface area (Å²) in [5.41, 5.74) is -0.104. The molecule has 2 aromatic rings. The molecule has 0 spiro atoms. The van der Waals surface area contributed by atoms with Gasteiger partial charge < -0.3 is 5.32 Å².